The van der Waals surface area contributed by atoms with E-state index in [2.05, 4.69) is 9.80 Å². The van der Waals surface area contributed by atoms with Crippen molar-refractivity contribution in [3.8, 4) is 11.1 Å². The lowest BCUT2D eigenvalue weighted by Gasteiger charge is -2.39. The molecular formula is C26H31F2N3O. The van der Waals surface area contributed by atoms with Gasteiger partial charge in [0, 0.05) is 50.9 Å². The van der Waals surface area contributed by atoms with Crippen LogP contribution in [0.3, 0.4) is 0 Å². The van der Waals surface area contributed by atoms with E-state index in [1.807, 2.05) is 23.1 Å². The number of piperazine rings is 1. The Labute approximate surface area is 188 Å². The summed E-state index contributed by atoms with van der Waals surface area (Å²) in [6.07, 6.45) is 6.13. The van der Waals surface area contributed by atoms with Gasteiger partial charge in [-0.25, -0.2) is 8.78 Å². The maximum Gasteiger partial charge on any atom is 0.236 e. The zero-order valence-corrected chi connectivity index (χ0v) is 18.5. The number of rotatable bonds is 4. The highest BCUT2D eigenvalue weighted by molar-refractivity contribution is 5.78. The summed E-state index contributed by atoms with van der Waals surface area (Å²) in [4.78, 5) is 19.7. The Bertz CT molecular complexity index is 981. The number of carbonyl (C=O) groups excluding carboxylic acids is 1. The number of nitrogens with zero attached hydrogens (tertiary/aromatic N) is 3. The van der Waals surface area contributed by atoms with Crippen LogP contribution in [0.2, 0.25) is 0 Å². The second-order valence-corrected chi connectivity index (χ2v) is 9.42. The minimum absolute atomic E-state index is 0.220. The molecule has 0 aromatic heterocycles. The van der Waals surface area contributed by atoms with Crippen LogP contribution >= 0.6 is 0 Å². The third kappa shape index (κ3) is 4.57. The first-order valence-electron chi connectivity index (χ1n) is 11.9. The minimum atomic E-state index is -0.437. The van der Waals surface area contributed by atoms with Gasteiger partial charge in [0.05, 0.1) is 6.54 Å². The molecular weight excluding hydrogens is 408 g/mol. The monoisotopic (exact) mass is 439 g/mol. The van der Waals surface area contributed by atoms with Gasteiger partial charge in [0.15, 0.2) is 0 Å². The summed E-state index contributed by atoms with van der Waals surface area (Å²) in [7, 11) is 0. The summed E-state index contributed by atoms with van der Waals surface area (Å²) in [5.41, 5.74) is 3.31. The van der Waals surface area contributed by atoms with Gasteiger partial charge < -0.3 is 4.90 Å². The minimum Gasteiger partial charge on any atom is -0.339 e. The zero-order chi connectivity index (χ0) is 22.1. The Morgan fingerprint density at radius 3 is 2.47 bits per heavy atom. The molecule has 0 N–H and O–H groups in total. The number of halogens is 2. The average Bonchev–Trinajstić information content (AvgIpc) is 3.35. The van der Waals surface area contributed by atoms with Crippen LogP contribution < -0.4 is 0 Å². The maximum absolute atomic E-state index is 14.2. The lowest BCUT2D eigenvalue weighted by atomic mass is 9.94. The molecule has 3 aliphatic rings. The molecule has 2 aromatic rings. The number of hydrogen-bond donors (Lipinski definition) is 0. The number of hydrogen-bond acceptors (Lipinski definition) is 3. The molecule has 4 nitrogen and oxygen atoms in total. The average molecular weight is 440 g/mol. The van der Waals surface area contributed by atoms with Gasteiger partial charge in [-0.1, -0.05) is 31.0 Å². The van der Waals surface area contributed by atoms with E-state index in [9.17, 15) is 13.6 Å². The van der Waals surface area contributed by atoms with E-state index >= 15 is 0 Å². The highest BCUT2D eigenvalue weighted by Gasteiger charge is 2.29. The van der Waals surface area contributed by atoms with Gasteiger partial charge in [-0.15, -0.1) is 0 Å². The van der Waals surface area contributed by atoms with Gasteiger partial charge in [0.25, 0.3) is 0 Å². The van der Waals surface area contributed by atoms with Gasteiger partial charge in [-0.2, -0.15) is 0 Å². The number of benzene rings is 2. The predicted octanol–water partition coefficient (Wildman–Crippen LogP) is 4.08. The van der Waals surface area contributed by atoms with Crippen molar-refractivity contribution in [2.75, 3.05) is 39.3 Å². The van der Waals surface area contributed by atoms with Crippen molar-refractivity contribution in [2.24, 2.45) is 0 Å². The standard InChI is InChI=1S/C26H31F2N3O/c27-22-7-8-25(28)24(16-22)20-5-6-21-17-29(10-9-19(21)15-20)18-26(32)31-13-11-30(12-14-31)23-3-1-2-4-23/h5-8,15-16,23H,1-4,9-14,17-18H2. The van der Waals surface area contributed by atoms with Gasteiger partial charge in [-0.3, -0.25) is 14.6 Å². The van der Waals surface area contributed by atoms with Crippen LogP contribution in [0.5, 0.6) is 0 Å². The zero-order valence-electron chi connectivity index (χ0n) is 18.5. The first kappa shape index (κ1) is 21.5. The molecule has 0 bridgehead atoms. The molecule has 2 aromatic carbocycles. The van der Waals surface area contributed by atoms with Gasteiger partial charge in [0.1, 0.15) is 11.6 Å². The normalized spacial score (nSPS) is 20.5. The van der Waals surface area contributed by atoms with E-state index in [1.54, 1.807) is 0 Å². The van der Waals surface area contributed by atoms with Crippen LogP contribution in [0.1, 0.15) is 36.8 Å². The Kier molecular flexibility index (Phi) is 6.24. The highest BCUT2D eigenvalue weighted by Crippen LogP contribution is 2.29. The summed E-state index contributed by atoms with van der Waals surface area (Å²) in [6.45, 7) is 5.63. The van der Waals surface area contributed by atoms with E-state index in [0.717, 1.165) is 68.9 Å². The molecule has 1 aliphatic carbocycles. The summed E-state index contributed by atoms with van der Waals surface area (Å²) >= 11 is 0. The quantitative estimate of drug-likeness (QED) is 0.719. The largest absolute Gasteiger partial charge is 0.339 e. The van der Waals surface area contributed by atoms with Crippen molar-refractivity contribution >= 4 is 5.91 Å². The molecule has 2 aliphatic heterocycles. The van der Waals surface area contributed by atoms with Crippen molar-refractivity contribution in [3.05, 3.63) is 59.2 Å². The Hall–Kier alpha value is -2.31. The van der Waals surface area contributed by atoms with E-state index in [1.165, 1.54) is 37.8 Å². The SMILES string of the molecule is O=C(CN1CCc2cc(-c3cc(F)ccc3F)ccc2C1)N1CCN(C2CCCC2)CC1. The van der Waals surface area contributed by atoms with Crippen molar-refractivity contribution in [1.29, 1.82) is 0 Å². The molecule has 5 rings (SSSR count). The Balaban J connectivity index is 1.18. The topological polar surface area (TPSA) is 26.8 Å². The fourth-order valence-electron chi connectivity index (χ4n) is 5.53. The number of amides is 1. The molecule has 2 fully saturated rings. The molecule has 0 unspecified atom stereocenters. The third-order valence-electron chi connectivity index (χ3n) is 7.40. The Morgan fingerprint density at radius 1 is 0.906 bits per heavy atom. The van der Waals surface area contributed by atoms with Crippen LogP contribution in [0.4, 0.5) is 8.78 Å². The van der Waals surface area contributed by atoms with E-state index in [4.69, 9.17) is 0 Å². The molecule has 32 heavy (non-hydrogen) atoms. The first-order valence-corrected chi connectivity index (χ1v) is 11.9. The summed E-state index contributed by atoms with van der Waals surface area (Å²) < 4.78 is 27.7. The lowest BCUT2D eigenvalue weighted by Crippen LogP contribution is -2.53. The van der Waals surface area contributed by atoms with Crippen LogP contribution in [0, 0.1) is 11.6 Å². The van der Waals surface area contributed by atoms with E-state index in [-0.39, 0.29) is 5.91 Å². The first-order chi connectivity index (χ1) is 15.6. The van der Waals surface area contributed by atoms with Crippen LogP contribution in [-0.2, 0) is 17.8 Å². The lowest BCUT2D eigenvalue weighted by molar-refractivity contribution is -0.134. The molecule has 1 saturated heterocycles. The van der Waals surface area contributed by atoms with Crippen LogP contribution in [-0.4, -0.2) is 65.9 Å². The van der Waals surface area contributed by atoms with Gasteiger partial charge in [-0.05, 0) is 54.2 Å². The van der Waals surface area contributed by atoms with E-state index < -0.39 is 11.6 Å². The van der Waals surface area contributed by atoms with Crippen LogP contribution in [0.15, 0.2) is 36.4 Å². The number of carbonyl (C=O) groups is 1. The molecule has 0 atom stereocenters. The van der Waals surface area contributed by atoms with Crippen molar-refractivity contribution < 1.29 is 13.6 Å². The fraction of sp³-hybridized carbons (Fsp3) is 0.500. The summed E-state index contributed by atoms with van der Waals surface area (Å²) in [5, 5.41) is 0. The Morgan fingerprint density at radius 2 is 1.69 bits per heavy atom. The molecule has 170 valence electrons. The highest BCUT2D eigenvalue weighted by atomic mass is 19.1. The fourth-order valence-corrected chi connectivity index (χ4v) is 5.53. The molecule has 0 spiro atoms. The summed E-state index contributed by atoms with van der Waals surface area (Å²) in [5.74, 6) is -0.631. The molecule has 6 heteroatoms. The van der Waals surface area contributed by atoms with Crippen LogP contribution in [0.25, 0.3) is 11.1 Å². The molecule has 1 amide bonds. The predicted molar refractivity (Wildman–Crippen MR) is 121 cm³/mol. The van der Waals surface area contributed by atoms with E-state index in [0.29, 0.717) is 17.7 Å². The van der Waals surface area contributed by atoms with Crippen molar-refractivity contribution in [3.63, 3.8) is 0 Å². The van der Waals surface area contributed by atoms with Crippen molar-refractivity contribution in [2.45, 2.75) is 44.7 Å². The maximum atomic E-state index is 14.2. The second kappa shape index (κ2) is 9.28. The molecule has 2 heterocycles. The molecule has 0 radical (unpaired) electrons. The van der Waals surface area contributed by atoms with Gasteiger partial charge >= 0.3 is 0 Å². The summed E-state index contributed by atoms with van der Waals surface area (Å²) in [6, 6.07) is 10.1. The van der Waals surface area contributed by atoms with Gasteiger partial charge in [0.2, 0.25) is 5.91 Å². The van der Waals surface area contributed by atoms with Crippen molar-refractivity contribution in [1.82, 2.24) is 14.7 Å². The number of fused-ring (bicyclic) bond motifs is 1. The third-order valence-corrected chi connectivity index (χ3v) is 7.40. The smallest absolute Gasteiger partial charge is 0.236 e. The second-order valence-electron chi connectivity index (χ2n) is 9.42. The molecule has 1 saturated carbocycles.